The summed E-state index contributed by atoms with van der Waals surface area (Å²) in [7, 11) is 0. The van der Waals surface area contributed by atoms with E-state index in [1.54, 1.807) is 0 Å². The molecule has 0 aliphatic carbocycles. The third kappa shape index (κ3) is 1.32. The van der Waals surface area contributed by atoms with Crippen LogP contribution >= 0.6 is 0 Å². The number of rotatable bonds is 1. The molecule has 3 N–H and O–H groups in total. The van der Waals surface area contributed by atoms with Gasteiger partial charge in [0.25, 0.3) is 0 Å². The summed E-state index contributed by atoms with van der Waals surface area (Å²) in [5.41, 5.74) is 6.02. The molecule has 1 aliphatic rings. The van der Waals surface area contributed by atoms with Gasteiger partial charge in [0.05, 0.1) is 5.54 Å². The predicted octanol–water partition coefficient (Wildman–Crippen LogP) is 0.722. The minimum Gasteiger partial charge on any atom is -0.319 e. The molecule has 0 aromatic heterocycles. The fourth-order valence-corrected chi connectivity index (χ4v) is 1.40. The van der Waals surface area contributed by atoms with Crippen molar-refractivity contribution in [1.82, 2.24) is 5.32 Å². The molecule has 1 heterocycles. The largest absolute Gasteiger partial charge is 0.319 e. The Morgan fingerprint density at radius 3 is 2.38 bits per heavy atom. The molecule has 1 aromatic carbocycles. The predicted molar refractivity (Wildman–Crippen MR) is 45.1 cm³/mol. The molecule has 1 aliphatic heterocycles. The second-order valence-electron chi connectivity index (χ2n) is 3.39. The fraction of sp³-hybridized carbons (Fsp3) is 0.333. The first-order valence-electron chi connectivity index (χ1n) is 4.07. The molecule has 0 saturated carbocycles. The van der Waals surface area contributed by atoms with Crippen molar-refractivity contribution in [2.75, 3.05) is 13.1 Å². The first-order chi connectivity index (χ1) is 6.12. The van der Waals surface area contributed by atoms with Gasteiger partial charge >= 0.3 is 0 Å². The van der Waals surface area contributed by atoms with E-state index in [-0.39, 0.29) is 0 Å². The van der Waals surface area contributed by atoms with E-state index in [1.165, 1.54) is 6.07 Å². The third-order valence-corrected chi connectivity index (χ3v) is 2.38. The van der Waals surface area contributed by atoms with Crippen molar-refractivity contribution in [2.24, 2.45) is 5.73 Å². The van der Waals surface area contributed by atoms with Gasteiger partial charge in [-0.1, -0.05) is 6.07 Å². The first-order valence-corrected chi connectivity index (χ1v) is 4.07. The Morgan fingerprint density at radius 2 is 1.92 bits per heavy atom. The zero-order valence-corrected chi connectivity index (χ0v) is 6.98. The molecule has 0 radical (unpaired) electrons. The van der Waals surface area contributed by atoms with E-state index in [0.29, 0.717) is 18.7 Å². The van der Waals surface area contributed by atoms with E-state index in [0.717, 1.165) is 12.1 Å². The molecule has 1 fully saturated rings. The van der Waals surface area contributed by atoms with Crippen LogP contribution in [0.3, 0.4) is 0 Å². The lowest BCUT2D eigenvalue weighted by molar-refractivity contribution is 0.285. The summed E-state index contributed by atoms with van der Waals surface area (Å²) in [6.45, 7) is 1.22. The Labute approximate surface area is 74.7 Å². The van der Waals surface area contributed by atoms with Gasteiger partial charge in [-0.3, -0.25) is 0 Å². The van der Waals surface area contributed by atoms with Gasteiger partial charge in [-0.15, -0.1) is 0 Å². The van der Waals surface area contributed by atoms with Crippen molar-refractivity contribution in [3.05, 3.63) is 35.4 Å². The molecule has 2 rings (SSSR count). The number of hydrogen-bond acceptors (Lipinski definition) is 2. The fourth-order valence-electron chi connectivity index (χ4n) is 1.40. The Balaban J connectivity index is 2.36. The summed E-state index contributed by atoms with van der Waals surface area (Å²) in [4.78, 5) is 0. The molecule has 13 heavy (non-hydrogen) atoms. The van der Waals surface area contributed by atoms with Crippen LogP contribution in [0, 0.1) is 11.6 Å². The van der Waals surface area contributed by atoms with Gasteiger partial charge in [-0.2, -0.15) is 0 Å². The monoisotopic (exact) mass is 184 g/mol. The van der Waals surface area contributed by atoms with E-state index in [2.05, 4.69) is 5.32 Å². The lowest BCUT2D eigenvalue weighted by Gasteiger charge is -2.39. The highest BCUT2D eigenvalue weighted by molar-refractivity contribution is 5.29. The van der Waals surface area contributed by atoms with Gasteiger partial charge in [0.1, 0.15) is 0 Å². The van der Waals surface area contributed by atoms with Gasteiger partial charge < -0.3 is 11.1 Å². The number of nitrogens with two attached hydrogens (primary N) is 1. The van der Waals surface area contributed by atoms with Crippen molar-refractivity contribution >= 4 is 0 Å². The average molecular weight is 184 g/mol. The average Bonchev–Trinajstić information content (AvgIpc) is 2.06. The summed E-state index contributed by atoms with van der Waals surface area (Å²) in [6.07, 6.45) is 0. The highest BCUT2D eigenvalue weighted by Gasteiger charge is 2.34. The maximum Gasteiger partial charge on any atom is 0.159 e. The third-order valence-electron chi connectivity index (χ3n) is 2.38. The molecule has 0 spiro atoms. The summed E-state index contributed by atoms with van der Waals surface area (Å²) in [6, 6.07) is 3.80. The summed E-state index contributed by atoms with van der Waals surface area (Å²) in [5, 5.41) is 2.99. The number of halogens is 2. The van der Waals surface area contributed by atoms with Crippen LogP contribution in [0.2, 0.25) is 0 Å². The van der Waals surface area contributed by atoms with Crippen LogP contribution in [0.15, 0.2) is 18.2 Å². The van der Waals surface area contributed by atoms with Crippen LogP contribution in [-0.4, -0.2) is 13.1 Å². The Bertz CT molecular complexity index is 334. The smallest absolute Gasteiger partial charge is 0.159 e. The van der Waals surface area contributed by atoms with Crippen LogP contribution in [0.4, 0.5) is 8.78 Å². The molecule has 70 valence electrons. The van der Waals surface area contributed by atoms with Gasteiger partial charge in [-0.25, -0.2) is 8.78 Å². The van der Waals surface area contributed by atoms with Crippen molar-refractivity contribution in [2.45, 2.75) is 5.54 Å². The summed E-state index contributed by atoms with van der Waals surface area (Å²) >= 11 is 0. The van der Waals surface area contributed by atoms with Gasteiger partial charge in [-0.05, 0) is 17.7 Å². The second-order valence-corrected chi connectivity index (χ2v) is 3.39. The van der Waals surface area contributed by atoms with Crippen LogP contribution in [-0.2, 0) is 5.54 Å². The minimum absolute atomic E-state index is 0.519. The Hall–Kier alpha value is -1.00. The number of benzene rings is 1. The van der Waals surface area contributed by atoms with Crippen molar-refractivity contribution in [3.8, 4) is 0 Å². The molecule has 2 nitrogen and oxygen atoms in total. The molecule has 0 unspecified atom stereocenters. The van der Waals surface area contributed by atoms with E-state index in [4.69, 9.17) is 5.73 Å². The molecule has 1 aromatic rings. The van der Waals surface area contributed by atoms with Crippen LogP contribution < -0.4 is 11.1 Å². The van der Waals surface area contributed by atoms with Crippen molar-refractivity contribution in [3.63, 3.8) is 0 Å². The maximum absolute atomic E-state index is 12.8. The topological polar surface area (TPSA) is 38.0 Å². The standard InChI is InChI=1S/C9H10F2N2/c10-7-2-1-6(3-8(7)11)9(12)4-13-5-9/h1-3,13H,4-5,12H2. The van der Waals surface area contributed by atoms with E-state index >= 15 is 0 Å². The van der Waals surface area contributed by atoms with E-state index in [1.807, 2.05) is 0 Å². The molecular formula is C9H10F2N2. The first kappa shape index (κ1) is 8.59. The summed E-state index contributed by atoms with van der Waals surface area (Å²) < 4.78 is 25.4. The highest BCUT2D eigenvalue weighted by Crippen LogP contribution is 2.23. The summed E-state index contributed by atoms with van der Waals surface area (Å²) in [5.74, 6) is -1.67. The normalized spacial score (nSPS) is 19.6. The minimum atomic E-state index is -0.839. The maximum atomic E-state index is 12.8. The zero-order chi connectivity index (χ0) is 9.47. The zero-order valence-electron chi connectivity index (χ0n) is 6.98. The molecule has 1 saturated heterocycles. The van der Waals surface area contributed by atoms with Crippen LogP contribution in [0.1, 0.15) is 5.56 Å². The SMILES string of the molecule is NC1(c2ccc(F)c(F)c2)CNC1. The molecule has 4 heteroatoms. The van der Waals surface area contributed by atoms with Crippen molar-refractivity contribution < 1.29 is 8.78 Å². The van der Waals surface area contributed by atoms with Crippen LogP contribution in [0.5, 0.6) is 0 Å². The Morgan fingerprint density at radius 1 is 1.23 bits per heavy atom. The Kier molecular flexibility index (Phi) is 1.82. The molecule has 0 atom stereocenters. The lowest BCUT2D eigenvalue weighted by atomic mass is 9.85. The van der Waals surface area contributed by atoms with Gasteiger partial charge in [0.2, 0.25) is 0 Å². The molecule has 0 amide bonds. The number of nitrogens with one attached hydrogen (secondary N) is 1. The number of hydrogen-bond donors (Lipinski definition) is 2. The van der Waals surface area contributed by atoms with Gasteiger partial charge in [0.15, 0.2) is 11.6 Å². The van der Waals surface area contributed by atoms with Crippen molar-refractivity contribution in [1.29, 1.82) is 0 Å². The second kappa shape index (κ2) is 2.75. The van der Waals surface area contributed by atoms with E-state index in [9.17, 15) is 8.78 Å². The van der Waals surface area contributed by atoms with Crippen LogP contribution in [0.25, 0.3) is 0 Å². The van der Waals surface area contributed by atoms with Gasteiger partial charge in [0, 0.05) is 13.1 Å². The molecular weight excluding hydrogens is 174 g/mol. The highest BCUT2D eigenvalue weighted by atomic mass is 19.2. The van der Waals surface area contributed by atoms with E-state index < -0.39 is 17.2 Å². The quantitative estimate of drug-likeness (QED) is 0.675. The molecule has 0 bridgehead atoms. The lowest BCUT2D eigenvalue weighted by Crippen LogP contribution is -2.62.